The Labute approximate surface area is 133 Å². The van der Waals surface area contributed by atoms with Gasteiger partial charge in [0.25, 0.3) is 5.91 Å². The molecule has 1 aliphatic rings. The summed E-state index contributed by atoms with van der Waals surface area (Å²) < 4.78 is 11.6. The predicted octanol–water partition coefficient (Wildman–Crippen LogP) is 2.92. The minimum atomic E-state index is -0.392. The van der Waals surface area contributed by atoms with Gasteiger partial charge in [0.15, 0.2) is 22.3 Å². The van der Waals surface area contributed by atoms with E-state index in [9.17, 15) is 4.79 Å². The average Bonchev–Trinajstić information content (AvgIpc) is 2.48. The molecule has 0 fully saturated rings. The number of fused-ring (bicyclic) bond motifs is 1. The molecule has 0 unspecified atom stereocenters. The van der Waals surface area contributed by atoms with Gasteiger partial charge in [-0.25, -0.2) is 0 Å². The van der Waals surface area contributed by atoms with Crippen molar-refractivity contribution in [3.05, 3.63) is 39.6 Å². The van der Waals surface area contributed by atoms with Crippen molar-refractivity contribution in [3.8, 4) is 11.5 Å². The van der Waals surface area contributed by atoms with Crippen molar-refractivity contribution < 1.29 is 14.3 Å². The quantitative estimate of drug-likeness (QED) is 0.880. The highest BCUT2D eigenvalue weighted by atomic mass is 79.9. The predicted molar refractivity (Wildman–Crippen MR) is 80.1 cm³/mol. The van der Waals surface area contributed by atoms with Crippen molar-refractivity contribution in [1.29, 1.82) is 0 Å². The molecule has 0 bridgehead atoms. The van der Waals surface area contributed by atoms with Crippen LogP contribution in [-0.4, -0.2) is 29.3 Å². The highest BCUT2D eigenvalue weighted by Crippen LogP contribution is 2.38. The standard InChI is InChI=1S/C13H9BrClN3O3/c14-7-5-10-11(21-4-3-20-10)6-9(7)16-13(19)8-1-2-12(15)18-17-8/h1-2,5-6H,3-4H2,(H,16,19). The van der Waals surface area contributed by atoms with Gasteiger partial charge in [-0.15, -0.1) is 10.2 Å². The molecule has 0 radical (unpaired) electrons. The molecule has 0 saturated carbocycles. The topological polar surface area (TPSA) is 73.3 Å². The Balaban J connectivity index is 1.84. The summed E-state index contributed by atoms with van der Waals surface area (Å²) in [4.78, 5) is 12.1. The molecule has 8 heteroatoms. The molecule has 1 aromatic carbocycles. The van der Waals surface area contributed by atoms with Crippen LogP contribution in [0.5, 0.6) is 11.5 Å². The maximum atomic E-state index is 12.1. The molecule has 2 heterocycles. The summed E-state index contributed by atoms with van der Waals surface area (Å²) in [7, 11) is 0. The van der Waals surface area contributed by atoms with E-state index in [2.05, 4.69) is 31.4 Å². The van der Waals surface area contributed by atoms with Crippen LogP contribution in [-0.2, 0) is 0 Å². The van der Waals surface area contributed by atoms with Crippen molar-refractivity contribution in [2.24, 2.45) is 0 Å². The van der Waals surface area contributed by atoms with Gasteiger partial charge in [-0.05, 0) is 28.1 Å². The molecule has 3 rings (SSSR count). The van der Waals surface area contributed by atoms with E-state index in [1.165, 1.54) is 12.1 Å². The third-order valence-corrected chi connectivity index (χ3v) is 3.60. The Kier molecular flexibility index (Phi) is 3.94. The Morgan fingerprint density at radius 2 is 1.90 bits per heavy atom. The lowest BCUT2D eigenvalue weighted by Gasteiger charge is -2.20. The molecule has 21 heavy (non-hydrogen) atoms. The van der Waals surface area contributed by atoms with Gasteiger partial charge in [-0.2, -0.15) is 0 Å². The second kappa shape index (κ2) is 5.87. The lowest BCUT2D eigenvalue weighted by Crippen LogP contribution is -2.17. The maximum Gasteiger partial charge on any atom is 0.276 e. The molecule has 0 spiro atoms. The minimum absolute atomic E-state index is 0.168. The van der Waals surface area contributed by atoms with Crippen molar-refractivity contribution in [1.82, 2.24) is 10.2 Å². The van der Waals surface area contributed by atoms with Crippen molar-refractivity contribution >= 4 is 39.1 Å². The van der Waals surface area contributed by atoms with Crippen LogP contribution in [0.25, 0.3) is 0 Å². The normalized spacial score (nSPS) is 12.9. The van der Waals surface area contributed by atoms with E-state index in [1.54, 1.807) is 12.1 Å². The van der Waals surface area contributed by atoms with E-state index in [0.717, 1.165) is 0 Å². The van der Waals surface area contributed by atoms with Gasteiger partial charge >= 0.3 is 0 Å². The number of carbonyl (C=O) groups is 1. The number of nitrogens with one attached hydrogen (secondary N) is 1. The number of benzene rings is 1. The molecule has 108 valence electrons. The number of carbonyl (C=O) groups excluding carboxylic acids is 1. The van der Waals surface area contributed by atoms with Crippen LogP contribution in [0, 0.1) is 0 Å². The zero-order chi connectivity index (χ0) is 14.8. The smallest absolute Gasteiger partial charge is 0.276 e. The summed E-state index contributed by atoms with van der Waals surface area (Å²) in [5, 5.41) is 10.3. The van der Waals surface area contributed by atoms with E-state index >= 15 is 0 Å². The van der Waals surface area contributed by atoms with Crippen LogP contribution >= 0.6 is 27.5 Å². The SMILES string of the molecule is O=C(Nc1cc2c(cc1Br)OCCO2)c1ccc(Cl)nn1. The highest BCUT2D eigenvalue weighted by Gasteiger charge is 2.17. The second-order valence-electron chi connectivity index (χ2n) is 4.17. The molecule has 1 aliphatic heterocycles. The number of rotatable bonds is 2. The molecular weight excluding hydrogens is 362 g/mol. The number of amides is 1. The molecule has 6 nitrogen and oxygen atoms in total. The number of hydrogen-bond donors (Lipinski definition) is 1. The van der Waals surface area contributed by atoms with Crippen molar-refractivity contribution in [2.45, 2.75) is 0 Å². The zero-order valence-corrected chi connectivity index (χ0v) is 12.9. The average molecular weight is 371 g/mol. The van der Waals surface area contributed by atoms with Crippen LogP contribution < -0.4 is 14.8 Å². The van der Waals surface area contributed by atoms with E-state index in [4.69, 9.17) is 21.1 Å². The van der Waals surface area contributed by atoms with E-state index in [1.807, 2.05) is 0 Å². The molecule has 1 aromatic heterocycles. The van der Waals surface area contributed by atoms with Crippen LogP contribution in [0.15, 0.2) is 28.7 Å². The first-order valence-electron chi connectivity index (χ1n) is 6.03. The molecule has 0 aliphatic carbocycles. The molecule has 1 N–H and O–H groups in total. The first-order valence-corrected chi connectivity index (χ1v) is 7.20. The third-order valence-electron chi connectivity index (χ3n) is 2.74. The number of aromatic nitrogens is 2. The summed E-state index contributed by atoms with van der Waals surface area (Å²) in [5.41, 5.74) is 0.724. The fourth-order valence-corrected chi connectivity index (χ4v) is 2.31. The van der Waals surface area contributed by atoms with Gasteiger partial charge in [-0.3, -0.25) is 4.79 Å². The van der Waals surface area contributed by atoms with E-state index < -0.39 is 5.91 Å². The van der Waals surface area contributed by atoms with Crippen molar-refractivity contribution in [3.63, 3.8) is 0 Å². The number of halogens is 2. The molecular formula is C13H9BrClN3O3. The number of nitrogens with zero attached hydrogens (tertiary/aromatic N) is 2. The monoisotopic (exact) mass is 369 g/mol. The summed E-state index contributed by atoms with van der Waals surface area (Å²) >= 11 is 9.02. The Morgan fingerprint density at radius 3 is 2.57 bits per heavy atom. The Hall–Kier alpha value is -1.86. The third kappa shape index (κ3) is 3.08. The van der Waals surface area contributed by atoms with Crippen LogP contribution in [0.2, 0.25) is 5.15 Å². The Morgan fingerprint density at radius 1 is 1.19 bits per heavy atom. The maximum absolute atomic E-state index is 12.1. The summed E-state index contributed by atoms with van der Waals surface area (Å²) in [6, 6.07) is 6.44. The van der Waals surface area contributed by atoms with Gasteiger partial charge < -0.3 is 14.8 Å². The first kappa shape index (κ1) is 14.1. The fraction of sp³-hybridized carbons (Fsp3) is 0.154. The minimum Gasteiger partial charge on any atom is -0.486 e. The summed E-state index contributed by atoms with van der Waals surface area (Å²) in [6.45, 7) is 0.982. The van der Waals surface area contributed by atoms with Crippen LogP contribution in [0.1, 0.15) is 10.5 Å². The van der Waals surface area contributed by atoms with E-state index in [-0.39, 0.29) is 10.8 Å². The van der Waals surface area contributed by atoms with Gasteiger partial charge in [0, 0.05) is 16.6 Å². The van der Waals surface area contributed by atoms with Gasteiger partial charge in [0.2, 0.25) is 0 Å². The largest absolute Gasteiger partial charge is 0.486 e. The molecule has 0 saturated heterocycles. The molecule has 1 amide bonds. The second-order valence-corrected chi connectivity index (χ2v) is 5.41. The zero-order valence-electron chi connectivity index (χ0n) is 10.6. The number of hydrogen-bond acceptors (Lipinski definition) is 5. The first-order chi connectivity index (χ1) is 10.1. The van der Waals surface area contributed by atoms with Crippen molar-refractivity contribution in [2.75, 3.05) is 18.5 Å². The summed E-state index contributed by atoms with van der Waals surface area (Å²) in [5.74, 6) is 0.830. The van der Waals surface area contributed by atoms with Crippen LogP contribution in [0.4, 0.5) is 5.69 Å². The lowest BCUT2D eigenvalue weighted by molar-refractivity contribution is 0.102. The molecule has 2 aromatic rings. The number of anilines is 1. The highest BCUT2D eigenvalue weighted by molar-refractivity contribution is 9.10. The van der Waals surface area contributed by atoms with E-state index in [0.29, 0.717) is 34.9 Å². The lowest BCUT2D eigenvalue weighted by atomic mass is 10.2. The Bertz CT molecular complexity index is 694. The van der Waals surface area contributed by atoms with Gasteiger partial charge in [0.1, 0.15) is 13.2 Å². The van der Waals surface area contributed by atoms with Gasteiger partial charge in [0.05, 0.1) is 5.69 Å². The van der Waals surface area contributed by atoms with Crippen LogP contribution in [0.3, 0.4) is 0 Å². The number of ether oxygens (including phenoxy) is 2. The van der Waals surface area contributed by atoms with Gasteiger partial charge in [-0.1, -0.05) is 11.6 Å². The fourth-order valence-electron chi connectivity index (χ4n) is 1.78. The summed E-state index contributed by atoms with van der Waals surface area (Å²) in [6.07, 6.45) is 0. The molecule has 0 atom stereocenters.